The number of rotatable bonds is 4. The molecule has 0 saturated carbocycles. The Bertz CT molecular complexity index is 551. The molecule has 0 aliphatic carbocycles. The highest BCUT2D eigenvalue weighted by molar-refractivity contribution is 5.16. The van der Waals surface area contributed by atoms with Crippen LogP contribution < -0.4 is 5.32 Å². The van der Waals surface area contributed by atoms with Gasteiger partial charge in [-0.1, -0.05) is 30.3 Å². The Labute approximate surface area is 126 Å². The molecular weight excluding hydrogens is 262 g/mol. The van der Waals surface area contributed by atoms with Crippen LogP contribution >= 0.6 is 0 Å². The van der Waals surface area contributed by atoms with Crippen LogP contribution in [-0.2, 0) is 20.0 Å². The van der Waals surface area contributed by atoms with Crippen LogP contribution in [-0.4, -0.2) is 45.3 Å². The predicted octanol–water partition coefficient (Wildman–Crippen LogP) is 1.22. The van der Waals surface area contributed by atoms with E-state index in [-0.39, 0.29) is 0 Å². The molecular formula is C16H23N5. The lowest BCUT2D eigenvalue weighted by Gasteiger charge is -2.24. The first kappa shape index (κ1) is 14.2. The summed E-state index contributed by atoms with van der Waals surface area (Å²) in [4.78, 5) is 6.82. The molecule has 1 fully saturated rings. The summed E-state index contributed by atoms with van der Waals surface area (Å²) in [6, 6.07) is 11.2. The van der Waals surface area contributed by atoms with Crippen molar-refractivity contribution >= 4 is 0 Å². The van der Waals surface area contributed by atoms with E-state index >= 15 is 0 Å². The summed E-state index contributed by atoms with van der Waals surface area (Å²) < 4.78 is 1.87. The molecule has 1 saturated heterocycles. The van der Waals surface area contributed by atoms with Gasteiger partial charge in [-0.3, -0.25) is 9.58 Å². The van der Waals surface area contributed by atoms with Crippen molar-refractivity contribution in [3.8, 4) is 0 Å². The molecule has 2 aromatic rings. The molecule has 1 aliphatic heterocycles. The number of hydrogen-bond acceptors (Lipinski definition) is 4. The highest BCUT2D eigenvalue weighted by atomic mass is 15.3. The van der Waals surface area contributed by atoms with Crippen LogP contribution in [0.25, 0.3) is 0 Å². The maximum atomic E-state index is 4.34. The van der Waals surface area contributed by atoms with Crippen LogP contribution in [0.5, 0.6) is 0 Å². The van der Waals surface area contributed by atoms with Gasteiger partial charge in [0.25, 0.3) is 0 Å². The van der Waals surface area contributed by atoms with Crippen molar-refractivity contribution in [2.45, 2.75) is 25.4 Å². The van der Waals surface area contributed by atoms with Crippen LogP contribution in [0.1, 0.15) is 17.8 Å². The summed E-state index contributed by atoms with van der Waals surface area (Å²) in [6.07, 6.45) is 3.89. The molecule has 1 aromatic heterocycles. The van der Waals surface area contributed by atoms with Gasteiger partial charge in [-0.15, -0.1) is 0 Å². The van der Waals surface area contributed by atoms with Gasteiger partial charge in [0.05, 0.1) is 6.54 Å². The zero-order valence-corrected chi connectivity index (χ0v) is 12.6. The van der Waals surface area contributed by atoms with Crippen molar-refractivity contribution < 1.29 is 0 Å². The van der Waals surface area contributed by atoms with Crippen molar-refractivity contribution in [2.24, 2.45) is 7.05 Å². The van der Waals surface area contributed by atoms with E-state index in [9.17, 15) is 0 Å². The zero-order valence-electron chi connectivity index (χ0n) is 12.6. The molecule has 3 rings (SSSR count). The van der Waals surface area contributed by atoms with E-state index in [4.69, 9.17) is 0 Å². The minimum absolute atomic E-state index is 0.503. The van der Waals surface area contributed by atoms with Gasteiger partial charge in [0.15, 0.2) is 0 Å². The van der Waals surface area contributed by atoms with E-state index in [1.807, 2.05) is 11.7 Å². The third-order valence-corrected chi connectivity index (χ3v) is 4.06. The molecule has 1 aromatic carbocycles. The topological polar surface area (TPSA) is 46.0 Å². The maximum absolute atomic E-state index is 4.34. The van der Waals surface area contributed by atoms with E-state index in [0.29, 0.717) is 6.04 Å². The fourth-order valence-corrected chi connectivity index (χ4v) is 2.92. The molecule has 1 unspecified atom stereocenters. The first-order valence-corrected chi connectivity index (χ1v) is 7.64. The third-order valence-electron chi connectivity index (χ3n) is 4.06. The predicted molar refractivity (Wildman–Crippen MR) is 82.8 cm³/mol. The van der Waals surface area contributed by atoms with E-state index in [2.05, 4.69) is 50.6 Å². The van der Waals surface area contributed by atoms with E-state index in [0.717, 1.165) is 38.4 Å². The lowest BCUT2D eigenvalue weighted by atomic mass is 10.1. The molecule has 5 nitrogen and oxygen atoms in total. The zero-order chi connectivity index (χ0) is 14.5. The van der Waals surface area contributed by atoms with Crippen molar-refractivity contribution in [1.29, 1.82) is 0 Å². The first-order valence-electron chi connectivity index (χ1n) is 7.64. The number of nitrogens with one attached hydrogen (secondary N) is 1. The van der Waals surface area contributed by atoms with Crippen LogP contribution in [0.4, 0.5) is 0 Å². The normalized spacial score (nSPS) is 20.3. The average Bonchev–Trinajstić information content (AvgIpc) is 2.76. The first-order chi connectivity index (χ1) is 10.3. The van der Waals surface area contributed by atoms with Gasteiger partial charge in [0.2, 0.25) is 0 Å². The molecule has 0 bridgehead atoms. The van der Waals surface area contributed by atoms with E-state index in [1.165, 1.54) is 12.0 Å². The summed E-state index contributed by atoms with van der Waals surface area (Å²) in [5, 5.41) is 7.83. The summed E-state index contributed by atoms with van der Waals surface area (Å²) in [6.45, 7) is 4.14. The molecule has 0 amide bonds. The number of nitrogens with zero attached hydrogens (tertiary/aromatic N) is 4. The van der Waals surface area contributed by atoms with Crippen LogP contribution in [0.15, 0.2) is 36.7 Å². The highest BCUT2D eigenvalue weighted by Crippen LogP contribution is 2.10. The van der Waals surface area contributed by atoms with Crippen molar-refractivity contribution in [3.63, 3.8) is 0 Å². The summed E-state index contributed by atoms with van der Waals surface area (Å²) in [5.74, 6) is 1.04. The quantitative estimate of drug-likeness (QED) is 0.917. The number of aromatic nitrogens is 3. The molecule has 0 radical (unpaired) electrons. The summed E-state index contributed by atoms with van der Waals surface area (Å²) in [5.41, 5.74) is 1.40. The Morgan fingerprint density at radius 2 is 2.14 bits per heavy atom. The SMILES string of the molecule is Cn1ncnc1CN1CCCNC(Cc2ccccc2)C1. The average molecular weight is 285 g/mol. The lowest BCUT2D eigenvalue weighted by molar-refractivity contribution is 0.249. The van der Waals surface area contributed by atoms with Gasteiger partial charge in [-0.25, -0.2) is 4.98 Å². The molecule has 5 heteroatoms. The Balaban J connectivity index is 1.62. The van der Waals surface area contributed by atoms with Crippen molar-refractivity contribution in [3.05, 3.63) is 48.0 Å². The van der Waals surface area contributed by atoms with Crippen LogP contribution in [0.2, 0.25) is 0 Å². The molecule has 1 N–H and O–H groups in total. The number of hydrogen-bond donors (Lipinski definition) is 1. The fraction of sp³-hybridized carbons (Fsp3) is 0.500. The molecule has 2 heterocycles. The number of aryl methyl sites for hydroxylation is 1. The summed E-state index contributed by atoms with van der Waals surface area (Å²) in [7, 11) is 1.96. The van der Waals surface area contributed by atoms with Gasteiger partial charge in [0, 0.05) is 19.6 Å². The Hall–Kier alpha value is -1.72. The second-order valence-electron chi connectivity index (χ2n) is 5.73. The minimum Gasteiger partial charge on any atom is -0.312 e. The Morgan fingerprint density at radius 1 is 1.29 bits per heavy atom. The Morgan fingerprint density at radius 3 is 2.90 bits per heavy atom. The lowest BCUT2D eigenvalue weighted by Crippen LogP contribution is -2.39. The minimum atomic E-state index is 0.503. The van der Waals surface area contributed by atoms with E-state index in [1.54, 1.807) is 6.33 Å². The van der Waals surface area contributed by atoms with Crippen LogP contribution in [0.3, 0.4) is 0 Å². The second kappa shape index (κ2) is 6.83. The number of benzene rings is 1. The maximum Gasteiger partial charge on any atom is 0.140 e. The Kier molecular flexibility index (Phi) is 4.62. The molecule has 1 aliphatic rings. The van der Waals surface area contributed by atoms with Crippen LogP contribution in [0, 0.1) is 0 Å². The third kappa shape index (κ3) is 3.89. The van der Waals surface area contributed by atoms with Gasteiger partial charge in [0.1, 0.15) is 12.2 Å². The molecule has 21 heavy (non-hydrogen) atoms. The summed E-state index contributed by atoms with van der Waals surface area (Å²) >= 11 is 0. The standard InChI is InChI=1S/C16H23N5/c1-20-16(18-13-19-20)12-21-9-5-8-17-15(11-21)10-14-6-3-2-4-7-14/h2-4,6-7,13,15,17H,5,8-12H2,1H3. The molecule has 1 atom stereocenters. The van der Waals surface area contributed by atoms with Gasteiger partial charge < -0.3 is 5.32 Å². The smallest absolute Gasteiger partial charge is 0.140 e. The monoisotopic (exact) mass is 285 g/mol. The van der Waals surface area contributed by atoms with Gasteiger partial charge >= 0.3 is 0 Å². The largest absolute Gasteiger partial charge is 0.312 e. The molecule has 112 valence electrons. The fourth-order valence-electron chi connectivity index (χ4n) is 2.92. The molecule has 0 spiro atoms. The second-order valence-corrected chi connectivity index (χ2v) is 5.73. The van der Waals surface area contributed by atoms with Gasteiger partial charge in [-0.2, -0.15) is 5.10 Å². The van der Waals surface area contributed by atoms with Crippen molar-refractivity contribution in [2.75, 3.05) is 19.6 Å². The van der Waals surface area contributed by atoms with Gasteiger partial charge in [-0.05, 0) is 31.5 Å². The van der Waals surface area contributed by atoms with E-state index < -0.39 is 0 Å². The highest BCUT2D eigenvalue weighted by Gasteiger charge is 2.19. The van der Waals surface area contributed by atoms with Crippen molar-refractivity contribution in [1.82, 2.24) is 25.0 Å².